The van der Waals surface area contributed by atoms with Crippen LogP contribution in [0.25, 0.3) is 0 Å². The summed E-state index contributed by atoms with van der Waals surface area (Å²) in [5.74, 6) is -1.55. The van der Waals surface area contributed by atoms with Crippen molar-refractivity contribution >= 4 is 69.9 Å². The minimum Gasteiger partial charge on any atom is -0.477 e. The maximum absolute atomic E-state index is 12.8. The summed E-state index contributed by atoms with van der Waals surface area (Å²) in [4.78, 5) is 39.7. The maximum atomic E-state index is 12.8. The first-order valence-corrected chi connectivity index (χ1v) is 12.9. The quantitative estimate of drug-likeness (QED) is 0.253. The number of rotatable bonds is 9. The Labute approximate surface area is 207 Å². The second-order valence-corrected chi connectivity index (χ2v) is 10.9. The van der Waals surface area contributed by atoms with Gasteiger partial charge in [-0.15, -0.1) is 16.9 Å². The highest BCUT2D eigenvalue weighted by atomic mass is 32.2. The number of carbonyl (C=O) groups is 3. The fourth-order valence-electron chi connectivity index (χ4n) is 3.46. The molecule has 3 heterocycles. The van der Waals surface area contributed by atoms with Crippen LogP contribution in [0.5, 0.6) is 0 Å². The number of amides is 2. The molecule has 0 unspecified atom stereocenters. The molecule has 2 amide bonds. The van der Waals surface area contributed by atoms with Gasteiger partial charge < -0.3 is 16.2 Å². The van der Waals surface area contributed by atoms with Gasteiger partial charge in [-0.05, 0) is 30.1 Å². The van der Waals surface area contributed by atoms with Crippen molar-refractivity contribution in [3.63, 3.8) is 0 Å². The number of nitrogens with two attached hydrogens (primary N) is 1. The van der Waals surface area contributed by atoms with Crippen LogP contribution in [-0.2, 0) is 20.8 Å². The van der Waals surface area contributed by atoms with Crippen LogP contribution in [0.4, 0.5) is 0 Å². The highest BCUT2D eigenvalue weighted by molar-refractivity contribution is 8.07. The third-order valence-corrected chi connectivity index (χ3v) is 8.79. The number of thiocarbonyl (C=S) groups is 1. The lowest BCUT2D eigenvalue weighted by Gasteiger charge is -2.49. The monoisotopic (exact) mass is 521 g/mol. The van der Waals surface area contributed by atoms with Gasteiger partial charge in [0.2, 0.25) is 5.91 Å². The molecule has 2 aromatic rings. The summed E-state index contributed by atoms with van der Waals surface area (Å²) < 4.78 is 4.61. The Bertz CT molecular complexity index is 1140. The number of carboxylic acids is 1. The number of fused-ring (bicyclic) bond motifs is 1. The second kappa shape index (κ2) is 10.3. The average Bonchev–Trinajstić information content (AvgIpc) is 3.26. The zero-order chi connectivity index (χ0) is 23.5. The number of carbonyl (C=O) groups excluding carboxylic acids is 2. The Morgan fingerprint density at radius 2 is 2.09 bits per heavy atom. The van der Waals surface area contributed by atoms with Crippen molar-refractivity contribution < 1.29 is 19.5 Å². The molecule has 1 saturated heterocycles. The van der Waals surface area contributed by atoms with Crippen molar-refractivity contribution in [3.05, 3.63) is 52.2 Å². The lowest BCUT2D eigenvalue weighted by atomic mass is 10.0. The van der Waals surface area contributed by atoms with Crippen molar-refractivity contribution in [1.82, 2.24) is 19.8 Å². The molecule has 2 atom stereocenters. The summed E-state index contributed by atoms with van der Waals surface area (Å²) >= 11 is 9.09. The van der Waals surface area contributed by atoms with Crippen LogP contribution in [0.15, 0.2) is 45.1 Å². The minimum atomic E-state index is -1.20. The van der Waals surface area contributed by atoms with E-state index < -0.39 is 23.3 Å². The normalized spacial score (nSPS) is 19.7. The molecule has 0 spiro atoms. The van der Waals surface area contributed by atoms with Gasteiger partial charge in [-0.25, -0.2) is 4.79 Å². The first-order valence-electron chi connectivity index (χ1n) is 9.88. The number of carboxylic acid groups (broad SMARTS) is 1. The number of nitrogens with zero attached hydrogens (tertiary/aromatic N) is 3. The van der Waals surface area contributed by atoms with Gasteiger partial charge in [0.25, 0.3) is 5.91 Å². The van der Waals surface area contributed by atoms with E-state index >= 15 is 0 Å². The Hall–Kier alpha value is -2.32. The molecule has 1 fully saturated rings. The summed E-state index contributed by atoms with van der Waals surface area (Å²) in [5.41, 5.74) is 6.86. The van der Waals surface area contributed by atoms with Crippen molar-refractivity contribution in [2.24, 2.45) is 5.73 Å². The van der Waals surface area contributed by atoms with Gasteiger partial charge >= 0.3 is 5.97 Å². The molecule has 0 aliphatic carbocycles. The first-order chi connectivity index (χ1) is 15.9. The Kier molecular flexibility index (Phi) is 7.44. The maximum Gasteiger partial charge on any atom is 0.353 e. The van der Waals surface area contributed by atoms with Crippen LogP contribution in [0.2, 0.25) is 0 Å². The molecule has 9 nitrogen and oxygen atoms in total. The molecule has 1 aromatic heterocycles. The molecular formula is C20H19N5O4S4. The zero-order valence-corrected chi connectivity index (χ0v) is 20.4. The largest absolute Gasteiger partial charge is 0.477 e. The topological polar surface area (TPSA) is 139 Å². The fraction of sp³-hybridized carbons (Fsp3) is 0.300. The SMILES string of the molecule is NCCC(=S)c1nnsc1SC1=C(C(=O)O)N2C(=O)[C@@H](NC(=O)Cc3ccccc3)[C@@H]2SC1. The predicted molar refractivity (Wildman–Crippen MR) is 131 cm³/mol. The number of thioether (sulfide) groups is 2. The van der Waals surface area contributed by atoms with Gasteiger partial charge in [0, 0.05) is 15.5 Å². The van der Waals surface area contributed by atoms with E-state index in [2.05, 4.69) is 14.9 Å². The van der Waals surface area contributed by atoms with Gasteiger partial charge in [-0.1, -0.05) is 58.8 Å². The summed E-state index contributed by atoms with van der Waals surface area (Å²) in [6.07, 6.45) is 0.625. The number of nitrogens with one attached hydrogen (secondary N) is 1. The van der Waals surface area contributed by atoms with Crippen LogP contribution in [0, 0.1) is 0 Å². The lowest BCUT2D eigenvalue weighted by molar-refractivity contribution is -0.150. The number of hydrogen-bond donors (Lipinski definition) is 3. The van der Waals surface area contributed by atoms with E-state index in [0.29, 0.717) is 38.4 Å². The van der Waals surface area contributed by atoms with Crippen LogP contribution in [0.3, 0.4) is 0 Å². The molecule has 2 aliphatic rings. The number of β-lactam (4-membered cyclic amide) rings is 1. The van der Waals surface area contributed by atoms with Gasteiger partial charge in [-0.2, -0.15) is 0 Å². The fourth-order valence-corrected chi connectivity index (χ4v) is 7.24. The number of benzene rings is 1. The zero-order valence-electron chi connectivity index (χ0n) is 17.1. The van der Waals surface area contributed by atoms with E-state index in [1.807, 2.05) is 30.3 Å². The molecule has 4 N–H and O–H groups in total. The van der Waals surface area contributed by atoms with Crippen molar-refractivity contribution in [1.29, 1.82) is 0 Å². The summed E-state index contributed by atoms with van der Waals surface area (Å²) in [6, 6.07) is 8.45. The number of aliphatic carboxylic acids is 1. The van der Waals surface area contributed by atoms with Crippen LogP contribution in [0.1, 0.15) is 17.7 Å². The minimum absolute atomic E-state index is 0.0774. The van der Waals surface area contributed by atoms with E-state index in [-0.39, 0.29) is 18.0 Å². The number of aromatic nitrogens is 2. The highest BCUT2D eigenvalue weighted by Gasteiger charge is 2.54. The van der Waals surface area contributed by atoms with Gasteiger partial charge in [0.1, 0.15) is 27.0 Å². The molecule has 0 saturated carbocycles. The molecule has 1 aromatic carbocycles. The lowest BCUT2D eigenvalue weighted by Crippen LogP contribution is -2.70. The smallest absolute Gasteiger partial charge is 0.353 e. The third kappa shape index (κ3) is 4.96. The first kappa shape index (κ1) is 23.8. The Balaban J connectivity index is 1.49. The summed E-state index contributed by atoms with van der Waals surface area (Å²) in [6.45, 7) is 0.376. The molecule has 0 bridgehead atoms. The summed E-state index contributed by atoms with van der Waals surface area (Å²) in [7, 11) is 0. The number of hydrogen-bond acceptors (Lipinski definition) is 10. The van der Waals surface area contributed by atoms with Crippen molar-refractivity contribution in [2.75, 3.05) is 12.3 Å². The molecule has 4 rings (SSSR count). The molecule has 0 radical (unpaired) electrons. The van der Waals surface area contributed by atoms with E-state index in [1.165, 1.54) is 28.4 Å². The van der Waals surface area contributed by atoms with E-state index in [1.54, 1.807) is 0 Å². The van der Waals surface area contributed by atoms with Gasteiger partial charge in [-0.3, -0.25) is 14.5 Å². The molecule has 2 aliphatic heterocycles. The van der Waals surface area contributed by atoms with E-state index in [4.69, 9.17) is 18.0 Å². The molecule has 33 heavy (non-hydrogen) atoms. The van der Waals surface area contributed by atoms with Crippen LogP contribution in [-0.4, -0.2) is 66.0 Å². The second-order valence-electron chi connectivity index (χ2n) is 7.17. The van der Waals surface area contributed by atoms with Crippen molar-refractivity contribution in [3.8, 4) is 0 Å². The Morgan fingerprint density at radius 1 is 1.33 bits per heavy atom. The third-order valence-electron chi connectivity index (χ3n) is 4.97. The molecule has 172 valence electrons. The van der Waals surface area contributed by atoms with Gasteiger partial charge in [0.15, 0.2) is 0 Å². The highest BCUT2D eigenvalue weighted by Crippen LogP contribution is 2.46. The summed E-state index contributed by atoms with van der Waals surface area (Å²) in [5, 5.41) is 16.2. The standard InChI is InChI=1S/C20H19N5O4S4/c21-7-6-11(30)14-20(33-24-23-14)32-12-9-31-18-15(17(27)25(18)16(12)19(28)29)22-13(26)8-10-4-2-1-3-5-10/h1-5,15,18H,6-9,21H2,(H,22,26)(H,28,29)/t15-,18+/m1/s1. The van der Waals surface area contributed by atoms with E-state index in [9.17, 15) is 19.5 Å². The average molecular weight is 522 g/mol. The van der Waals surface area contributed by atoms with Crippen LogP contribution < -0.4 is 11.1 Å². The predicted octanol–water partition coefficient (Wildman–Crippen LogP) is 1.64. The Morgan fingerprint density at radius 3 is 2.79 bits per heavy atom. The molecule has 13 heteroatoms. The van der Waals surface area contributed by atoms with Crippen molar-refractivity contribution in [2.45, 2.75) is 28.5 Å². The van der Waals surface area contributed by atoms with Gasteiger partial charge in [0.05, 0.1) is 6.42 Å². The van der Waals surface area contributed by atoms with E-state index in [0.717, 1.165) is 17.1 Å². The molecular weight excluding hydrogens is 503 g/mol. The van der Waals surface area contributed by atoms with Crippen LogP contribution >= 0.6 is 47.3 Å².